The highest BCUT2D eigenvalue weighted by Gasteiger charge is 2.31. The van der Waals surface area contributed by atoms with Gasteiger partial charge < -0.3 is 14.5 Å². The molecule has 12 heteroatoms. The van der Waals surface area contributed by atoms with Crippen LogP contribution in [0.1, 0.15) is 22.8 Å². The number of hydrogen-bond donors (Lipinski definition) is 0. The van der Waals surface area contributed by atoms with Crippen LogP contribution in [0.3, 0.4) is 0 Å². The van der Waals surface area contributed by atoms with Crippen LogP contribution >= 0.6 is 0 Å². The Morgan fingerprint density at radius 3 is 2.31 bits per heavy atom. The van der Waals surface area contributed by atoms with Crippen LogP contribution in [-0.2, 0) is 6.18 Å². The largest absolute Gasteiger partial charge is 0.494 e. The van der Waals surface area contributed by atoms with Crippen LogP contribution in [0.15, 0.2) is 54.9 Å². The molecule has 1 amide bonds. The molecule has 36 heavy (non-hydrogen) atoms. The van der Waals surface area contributed by atoms with Gasteiger partial charge in [-0.2, -0.15) is 17.9 Å². The first-order valence-electron chi connectivity index (χ1n) is 11.4. The molecule has 2 aromatic carbocycles. The number of carbonyl (C=O) groups excluding carboxylic acids is 1. The third-order valence-electron chi connectivity index (χ3n) is 5.94. The molecule has 1 fully saturated rings. The van der Waals surface area contributed by atoms with Gasteiger partial charge in [0, 0.05) is 31.7 Å². The van der Waals surface area contributed by atoms with Crippen LogP contribution in [-0.4, -0.2) is 68.6 Å². The van der Waals surface area contributed by atoms with Crippen LogP contribution in [0.4, 0.5) is 19.0 Å². The van der Waals surface area contributed by atoms with Gasteiger partial charge in [-0.05, 0) is 55.5 Å². The first-order valence-corrected chi connectivity index (χ1v) is 11.4. The summed E-state index contributed by atoms with van der Waals surface area (Å²) in [4.78, 5) is 25.2. The van der Waals surface area contributed by atoms with E-state index < -0.39 is 11.7 Å². The summed E-state index contributed by atoms with van der Waals surface area (Å²) < 4.78 is 45.5. The molecule has 0 spiro atoms. The van der Waals surface area contributed by atoms with E-state index in [9.17, 15) is 18.0 Å². The summed E-state index contributed by atoms with van der Waals surface area (Å²) in [6, 6.07) is 11.7. The number of piperazine rings is 1. The van der Waals surface area contributed by atoms with Crippen molar-refractivity contribution in [3.63, 3.8) is 0 Å². The lowest BCUT2D eigenvalue weighted by Crippen LogP contribution is -2.49. The second-order valence-electron chi connectivity index (χ2n) is 8.15. The molecule has 4 aromatic rings. The number of amides is 1. The molecule has 0 bridgehead atoms. The average Bonchev–Trinajstić information content (AvgIpc) is 3.33. The van der Waals surface area contributed by atoms with Crippen molar-refractivity contribution >= 4 is 22.9 Å². The summed E-state index contributed by atoms with van der Waals surface area (Å²) in [6.07, 6.45) is -2.99. The van der Waals surface area contributed by atoms with Crippen LogP contribution in [0, 0.1) is 0 Å². The number of carbonyl (C=O) groups is 1. The standard InChI is InChI=1S/C24H22F3N7O2/c1-2-36-19-9-7-18(8-10-19)34-22-20(30-31-34)21(28-15-29-22)32-11-13-33(14-12-32)23(35)16-3-5-17(6-4-16)24(25,26)27/h3-10,15H,2,11-14H2,1H3. The zero-order chi connectivity index (χ0) is 25.3. The summed E-state index contributed by atoms with van der Waals surface area (Å²) in [7, 11) is 0. The fourth-order valence-corrected chi connectivity index (χ4v) is 4.10. The van der Waals surface area contributed by atoms with Gasteiger partial charge in [0.2, 0.25) is 0 Å². The maximum Gasteiger partial charge on any atom is 0.416 e. The number of benzene rings is 2. The number of rotatable bonds is 5. The second kappa shape index (κ2) is 9.44. The molecule has 1 aliphatic heterocycles. The molecule has 0 aliphatic carbocycles. The molecule has 0 N–H and O–H groups in total. The van der Waals surface area contributed by atoms with Gasteiger partial charge in [0.15, 0.2) is 17.0 Å². The summed E-state index contributed by atoms with van der Waals surface area (Å²) in [5.74, 6) is 1.06. The first-order chi connectivity index (χ1) is 17.3. The normalized spacial score (nSPS) is 14.3. The van der Waals surface area contributed by atoms with Gasteiger partial charge in [-0.3, -0.25) is 4.79 Å². The van der Waals surface area contributed by atoms with Crippen molar-refractivity contribution in [2.45, 2.75) is 13.1 Å². The Hall–Kier alpha value is -4.22. The van der Waals surface area contributed by atoms with Crippen LogP contribution < -0.4 is 9.64 Å². The molecule has 5 rings (SSSR count). The molecule has 0 unspecified atom stereocenters. The van der Waals surface area contributed by atoms with Gasteiger partial charge in [-0.25, -0.2) is 9.97 Å². The molecule has 0 radical (unpaired) electrons. The van der Waals surface area contributed by atoms with Gasteiger partial charge in [0.1, 0.15) is 12.1 Å². The zero-order valence-electron chi connectivity index (χ0n) is 19.3. The molecule has 0 atom stereocenters. The second-order valence-corrected chi connectivity index (χ2v) is 8.15. The van der Waals surface area contributed by atoms with Crippen molar-refractivity contribution in [3.05, 3.63) is 66.0 Å². The highest BCUT2D eigenvalue weighted by Crippen LogP contribution is 2.29. The minimum atomic E-state index is -4.44. The van der Waals surface area contributed by atoms with E-state index in [4.69, 9.17) is 4.74 Å². The number of anilines is 1. The summed E-state index contributed by atoms with van der Waals surface area (Å²) in [5, 5.41) is 8.56. The number of halogens is 3. The van der Waals surface area contributed by atoms with Gasteiger partial charge in [-0.15, -0.1) is 5.10 Å². The number of nitrogens with zero attached hydrogens (tertiary/aromatic N) is 7. The van der Waals surface area contributed by atoms with E-state index in [0.29, 0.717) is 49.8 Å². The Bertz CT molecular complexity index is 1360. The molecular weight excluding hydrogens is 475 g/mol. The lowest BCUT2D eigenvalue weighted by atomic mass is 10.1. The predicted molar refractivity (Wildman–Crippen MR) is 125 cm³/mol. The molecular formula is C24H22F3N7O2. The van der Waals surface area contributed by atoms with Crippen LogP contribution in [0.5, 0.6) is 5.75 Å². The highest BCUT2D eigenvalue weighted by atomic mass is 19.4. The van der Waals surface area contributed by atoms with Crippen molar-refractivity contribution < 1.29 is 22.7 Å². The van der Waals surface area contributed by atoms with E-state index in [1.165, 1.54) is 18.5 Å². The van der Waals surface area contributed by atoms with E-state index in [-0.39, 0.29) is 11.5 Å². The molecule has 186 valence electrons. The van der Waals surface area contributed by atoms with Crippen molar-refractivity contribution in [2.75, 3.05) is 37.7 Å². The predicted octanol–water partition coefficient (Wildman–Crippen LogP) is 3.59. The Morgan fingerprint density at radius 1 is 0.972 bits per heavy atom. The van der Waals surface area contributed by atoms with E-state index in [1.54, 1.807) is 9.58 Å². The van der Waals surface area contributed by atoms with Crippen molar-refractivity contribution in [1.29, 1.82) is 0 Å². The summed E-state index contributed by atoms with van der Waals surface area (Å²) in [5.41, 5.74) is 1.30. The topological polar surface area (TPSA) is 89.3 Å². The zero-order valence-corrected chi connectivity index (χ0v) is 19.3. The smallest absolute Gasteiger partial charge is 0.416 e. The lowest BCUT2D eigenvalue weighted by molar-refractivity contribution is -0.137. The van der Waals surface area contributed by atoms with Crippen LogP contribution in [0.25, 0.3) is 16.9 Å². The van der Waals surface area contributed by atoms with Gasteiger partial charge >= 0.3 is 6.18 Å². The Balaban J connectivity index is 1.30. The monoisotopic (exact) mass is 497 g/mol. The molecule has 2 aromatic heterocycles. The average molecular weight is 497 g/mol. The fourth-order valence-electron chi connectivity index (χ4n) is 4.10. The highest BCUT2D eigenvalue weighted by molar-refractivity contribution is 5.94. The van der Waals surface area contributed by atoms with E-state index in [0.717, 1.165) is 23.6 Å². The van der Waals surface area contributed by atoms with Gasteiger partial charge in [-0.1, -0.05) is 5.21 Å². The fraction of sp³-hybridized carbons (Fsp3) is 0.292. The summed E-state index contributed by atoms with van der Waals surface area (Å²) >= 11 is 0. The van der Waals surface area contributed by atoms with Crippen molar-refractivity contribution in [2.24, 2.45) is 0 Å². The van der Waals surface area contributed by atoms with E-state index in [1.807, 2.05) is 36.1 Å². The Labute approximate surface area is 204 Å². The van der Waals surface area contributed by atoms with E-state index >= 15 is 0 Å². The quantitative estimate of drug-likeness (QED) is 0.416. The molecule has 1 aliphatic rings. The number of alkyl halides is 3. The van der Waals surface area contributed by atoms with Crippen LogP contribution in [0.2, 0.25) is 0 Å². The molecule has 0 saturated carbocycles. The van der Waals surface area contributed by atoms with E-state index in [2.05, 4.69) is 20.3 Å². The maximum absolute atomic E-state index is 12.8. The first kappa shape index (κ1) is 23.5. The SMILES string of the molecule is CCOc1ccc(-n2nnc3c(N4CCN(C(=O)c5ccc(C(F)(F)F)cc5)CC4)ncnc32)cc1. The minimum Gasteiger partial charge on any atom is -0.494 e. The summed E-state index contributed by atoms with van der Waals surface area (Å²) in [6.45, 7) is 4.23. The molecule has 9 nitrogen and oxygen atoms in total. The number of fused-ring (bicyclic) bond motifs is 1. The number of aromatic nitrogens is 5. The Morgan fingerprint density at radius 2 is 1.67 bits per heavy atom. The van der Waals surface area contributed by atoms with Gasteiger partial charge in [0.25, 0.3) is 5.91 Å². The lowest BCUT2D eigenvalue weighted by Gasteiger charge is -2.35. The maximum atomic E-state index is 12.8. The Kier molecular flexibility index (Phi) is 6.17. The third kappa shape index (κ3) is 4.53. The van der Waals surface area contributed by atoms with Crippen molar-refractivity contribution in [3.8, 4) is 11.4 Å². The number of ether oxygens (including phenoxy) is 1. The third-order valence-corrected chi connectivity index (χ3v) is 5.94. The molecule has 3 heterocycles. The molecule has 1 saturated heterocycles. The van der Waals surface area contributed by atoms with Gasteiger partial charge in [0.05, 0.1) is 17.9 Å². The minimum absolute atomic E-state index is 0.221. The van der Waals surface area contributed by atoms with Crippen molar-refractivity contribution in [1.82, 2.24) is 29.9 Å². The number of hydrogen-bond acceptors (Lipinski definition) is 7.